The number of nitrogens with two attached hydrogens (primary N) is 3. The minimum atomic E-state index is -2.15. The fraction of sp³-hybridized carbons (Fsp3) is 0.905. The molecule has 15 atom stereocenters. The van der Waals surface area contributed by atoms with Crippen LogP contribution >= 0.6 is 0 Å². The number of aliphatic hydroxyl groups excluding tert-OH is 7. The number of likely N-dealkylation sites (N-methyl/N-ethyl adjacent to an activating group) is 1. The van der Waals surface area contributed by atoms with Crippen molar-refractivity contribution in [1.29, 1.82) is 5.41 Å². The molecule has 0 unspecified atom stereocenters. The second-order valence-electron chi connectivity index (χ2n) is 10.1. The van der Waals surface area contributed by atoms with Gasteiger partial charge in [-0.15, -0.1) is 0 Å². The summed E-state index contributed by atoms with van der Waals surface area (Å²) in [6.07, 6.45) is -16.9. The third kappa shape index (κ3) is 6.11. The molecule has 19 heteroatoms. The summed E-state index contributed by atoms with van der Waals surface area (Å²) in [6.45, 7) is -0.204. The molecule has 17 N–H and O–H groups in total. The maximum absolute atomic E-state index is 11.3. The molecule has 0 amide bonds. The number of hydrogen-bond acceptors (Lipinski definition) is 15. The Kier molecular flexibility index (Phi) is 10.5. The zero-order valence-electron chi connectivity index (χ0n) is 21.9. The SMILES string of the molecule is CN[C@@H]1[C@H](O[C@H]2[C@H](O[C@H]3[C@H](O)[C@@H](O)[C@@H](NC(=N)N)[C@@H](O)[C@@H]3N=C(N)N)O[C@@H](C)[C@@]2(O)CO)O[C@@H](CO)[C@H](O)[C@H]1O. The first-order valence-electron chi connectivity index (χ1n) is 12.5. The summed E-state index contributed by atoms with van der Waals surface area (Å²) < 4.78 is 23.2. The van der Waals surface area contributed by atoms with Gasteiger partial charge in [0.25, 0.3) is 0 Å². The normalized spacial score (nSPS) is 47.5. The van der Waals surface area contributed by atoms with Gasteiger partial charge in [-0.25, -0.2) is 4.99 Å². The number of aliphatic hydroxyl groups is 8. The summed E-state index contributed by atoms with van der Waals surface area (Å²) in [5.74, 6) is -1.13. The largest absolute Gasteiger partial charge is 0.394 e. The highest BCUT2D eigenvalue weighted by atomic mass is 16.8. The van der Waals surface area contributed by atoms with Gasteiger partial charge in [-0.2, -0.15) is 0 Å². The summed E-state index contributed by atoms with van der Waals surface area (Å²) in [5, 5.41) is 96.7. The molecule has 0 aromatic carbocycles. The molecule has 3 aliphatic rings. The Labute approximate surface area is 229 Å². The molecule has 0 bridgehead atoms. The Morgan fingerprint density at radius 1 is 0.925 bits per heavy atom. The molecule has 0 radical (unpaired) electrons. The van der Waals surface area contributed by atoms with E-state index >= 15 is 0 Å². The van der Waals surface area contributed by atoms with Crippen molar-refractivity contribution in [1.82, 2.24) is 10.6 Å². The van der Waals surface area contributed by atoms with E-state index in [1.165, 1.54) is 14.0 Å². The van der Waals surface area contributed by atoms with Crippen LogP contribution in [0.5, 0.6) is 0 Å². The van der Waals surface area contributed by atoms with Crippen molar-refractivity contribution in [3.8, 4) is 0 Å². The van der Waals surface area contributed by atoms with E-state index in [9.17, 15) is 40.9 Å². The van der Waals surface area contributed by atoms with Crippen molar-refractivity contribution in [2.45, 2.75) is 98.2 Å². The predicted octanol–water partition coefficient (Wildman–Crippen LogP) is -8.16. The Morgan fingerprint density at radius 2 is 1.55 bits per heavy atom. The van der Waals surface area contributed by atoms with Crippen LogP contribution in [0.15, 0.2) is 4.99 Å². The van der Waals surface area contributed by atoms with E-state index in [2.05, 4.69) is 15.6 Å². The molecule has 232 valence electrons. The maximum Gasteiger partial charge on any atom is 0.187 e. The lowest BCUT2D eigenvalue weighted by Crippen LogP contribution is -2.70. The van der Waals surface area contributed by atoms with Crippen LogP contribution in [0.25, 0.3) is 0 Å². The molecule has 40 heavy (non-hydrogen) atoms. The lowest BCUT2D eigenvalue weighted by Gasteiger charge is -2.46. The Hall–Kier alpha value is -1.98. The Morgan fingerprint density at radius 3 is 2.08 bits per heavy atom. The second kappa shape index (κ2) is 12.9. The number of rotatable bonds is 9. The molecule has 3 rings (SSSR count). The highest BCUT2D eigenvalue weighted by Gasteiger charge is 2.60. The van der Waals surface area contributed by atoms with E-state index in [0.29, 0.717) is 0 Å². The van der Waals surface area contributed by atoms with Gasteiger partial charge < -0.3 is 87.6 Å². The van der Waals surface area contributed by atoms with Gasteiger partial charge in [0.2, 0.25) is 0 Å². The molecular formula is C21H41N7O12. The molecule has 3 fully saturated rings. The molecule has 0 aromatic heterocycles. The van der Waals surface area contributed by atoms with Crippen molar-refractivity contribution in [2.24, 2.45) is 22.2 Å². The number of hydrogen-bond donors (Lipinski definition) is 14. The minimum Gasteiger partial charge on any atom is -0.394 e. The Balaban J connectivity index is 1.95. The van der Waals surface area contributed by atoms with E-state index in [-0.39, 0.29) is 0 Å². The molecule has 1 aliphatic carbocycles. The molecular weight excluding hydrogens is 542 g/mol. The number of aliphatic imine (C=N–C) groups is 1. The van der Waals surface area contributed by atoms with E-state index in [1.807, 2.05) is 0 Å². The van der Waals surface area contributed by atoms with Crippen LogP contribution in [0.1, 0.15) is 6.92 Å². The summed E-state index contributed by atoms with van der Waals surface area (Å²) in [5.41, 5.74) is 14.2. The molecule has 2 saturated heterocycles. The standard InChI is InChI=1S/C21H41N7O12/c1-5-21(36,4-30)16(40-17-9(26-2)13(34)10(31)6(3-29)38-17)18(37-5)39-15-8(28-20(24)25)11(32)7(27-19(22)23)12(33)14(15)35/h5-18,26,29-36H,3-4H2,1-2H3,(H4,22,23,27)(H4,24,25,28)/t5-,6-,7-,8-,9-,10-,11+,12-,13-,14+,15+,16-,17-,18-,21-/m0/s1. The molecule has 1 saturated carbocycles. The van der Waals surface area contributed by atoms with Crippen LogP contribution in [0.2, 0.25) is 0 Å². The average molecular weight is 584 g/mol. The highest BCUT2D eigenvalue weighted by Crippen LogP contribution is 2.39. The molecule has 0 aromatic rings. The number of guanidine groups is 2. The number of ether oxygens (including phenoxy) is 4. The van der Waals surface area contributed by atoms with Gasteiger partial charge in [-0.1, -0.05) is 0 Å². The summed E-state index contributed by atoms with van der Waals surface area (Å²) >= 11 is 0. The quantitative estimate of drug-likeness (QED) is 0.0884. The van der Waals surface area contributed by atoms with E-state index in [4.69, 9.17) is 41.6 Å². The Bertz CT molecular complexity index is 902. The van der Waals surface area contributed by atoms with E-state index in [0.717, 1.165) is 0 Å². The van der Waals surface area contributed by atoms with Crippen LogP contribution in [0, 0.1) is 5.41 Å². The monoisotopic (exact) mass is 583 g/mol. The third-order valence-electron chi connectivity index (χ3n) is 7.55. The first-order valence-corrected chi connectivity index (χ1v) is 12.5. The van der Waals surface area contributed by atoms with Crippen molar-refractivity contribution in [2.75, 3.05) is 20.3 Å². The maximum atomic E-state index is 11.3. The molecule has 19 nitrogen and oxygen atoms in total. The van der Waals surface area contributed by atoms with Crippen LogP contribution < -0.4 is 27.8 Å². The van der Waals surface area contributed by atoms with Gasteiger partial charge in [0.1, 0.15) is 60.5 Å². The first kappa shape index (κ1) is 32.5. The zero-order valence-corrected chi connectivity index (χ0v) is 21.9. The third-order valence-corrected chi connectivity index (χ3v) is 7.55. The van der Waals surface area contributed by atoms with Crippen LogP contribution in [-0.4, -0.2) is 164 Å². The van der Waals surface area contributed by atoms with E-state index in [1.54, 1.807) is 0 Å². The lowest BCUT2D eigenvalue weighted by molar-refractivity contribution is -0.317. The number of nitrogens with zero attached hydrogens (tertiary/aromatic N) is 1. The van der Waals surface area contributed by atoms with Gasteiger partial charge in [-0.05, 0) is 14.0 Å². The summed E-state index contributed by atoms with van der Waals surface area (Å²) in [6, 6.07) is -3.94. The van der Waals surface area contributed by atoms with Gasteiger partial charge >= 0.3 is 0 Å². The van der Waals surface area contributed by atoms with Crippen molar-refractivity contribution in [3.05, 3.63) is 0 Å². The lowest BCUT2D eigenvalue weighted by atomic mass is 9.81. The van der Waals surface area contributed by atoms with Gasteiger partial charge in [0.15, 0.2) is 24.5 Å². The summed E-state index contributed by atoms with van der Waals surface area (Å²) in [4.78, 5) is 3.91. The minimum absolute atomic E-state index is 0.516. The van der Waals surface area contributed by atoms with Crippen molar-refractivity contribution < 1.29 is 59.8 Å². The van der Waals surface area contributed by atoms with Crippen LogP contribution in [0.4, 0.5) is 0 Å². The van der Waals surface area contributed by atoms with Crippen LogP contribution in [-0.2, 0) is 18.9 Å². The van der Waals surface area contributed by atoms with Crippen molar-refractivity contribution in [3.63, 3.8) is 0 Å². The average Bonchev–Trinajstić information content (AvgIpc) is 3.13. The molecule has 0 spiro atoms. The predicted molar refractivity (Wildman–Crippen MR) is 133 cm³/mol. The highest BCUT2D eigenvalue weighted by molar-refractivity contribution is 5.76. The first-order chi connectivity index (χ1) is 18.7. The fourth-order valence-electron chi connectivity index (χ4n) is 5.22. The molecule has 2 heterocycles. The molecule has 2 aliphatic heterocycles. The van der Waals surface area contributed by atoms with Gasteiger partial charge in [0.05, 0.1) is 31.4 Å². The zero-order chi connectivity index (χ0) is 30.1. The summed E-state index contributed by atoms with van der Waals surface area (Å²) in [7, 11) is 1.44. The number of nitrogens with one attached hydrogen (secondary N) is 3. The van der Waals surface area contributed by atoms with Gasteiger partial charge in [-0.3, -0.25) is 5.41 Å². The van der Waals surface area contributed by atoms with Gasteiger partial charge in [0, 0.05) is 0 Å². The van der Waals surface area contributed by atoms with Crippen LogP contribution in [0.3, 0.4) is 0 Å². The van der Waals surface area contributed by atoms with E-state index < -0.39 is 116 Å². The fourth-order valence-corrected chi connectivity index (χ4v) is 5.22. The van der Waals surface area contributed by atoms with Crippen molar-refractivity contribution >= 4 is 11.9 Å². The second-order valence-corrected chi connectivity index (χ2v) is 10.1. The smallest absolute Gasteiger partial charge is 0.187 e. The topological polar surface area (TPSA) is 337 Å².